The van der Waals surface area contributed by atoms with E-state index in [2.05, 4.69) is 19.2 Å². The van der Waals surface area contributed by atoms with Gasteiger partial charge in [0.2, 0.25) is 5.91 Å². The van der Waals surface area contributed by atoms with Crippen LogP contribution in [0.1, 0.15) is 20.3 Å². The van der Waals surface area contributed by atoms with E-state index in [1.54, 1.807) is 21.3 Å². The average Bonchev–Trinajstić information content (AvgIpc) is 2.40. The van der Waals surface area contributed by atoms with Crippen molar-refractivity contribution in [3.8, 4) is 0 Å². The Labute approximate surface area is 122 Å². The van der Waals surface area contributed by atoms with Gasteiger partial charge in [-0.1, -0.05) is 13.8 Å². The standard InChI is InChI=1S/C12H27NO4SSi/c1-11(2)10-18-8-6-12(14)13-7-9-19(15-3,16-4)17-5/h11H,6-10H2,1-5H3,(H,13,14). The highest BCUT2D eigenvalue weighted by Gasteiger charge is 2.37. The zero-order valence-electron chi connectivity index (χ0n) is 12.7. The number of amides is 1. The molecular weight excluding hydrogens is 282 g/mol. The van der Waals surface area contributed by atoms with Crippen LogP contribution in [0, 0.1) is 5.92 Å². The predicted molar refractivity (Wildman–Crippen MR) is 81.4 cm³/mol. The zero-order chi connectivity index (χ0) is 14.7. The molecule has 0 aromatic rings. The van der Waals surface area contributed by atoms with Crippen LogP contribution >= 0.6 is 11.8 Å². The molecule has 0 radical (unpaired) electrons. The minimum absolute atomic E-state index is 0.0717. The van der Waals surface area contributed by atoms with Crippen LogP contribution in [0.2, 0.25) is 6.04 Å². The van der Waals surface area contributed by atoms with Crippen molar-refractivity contribution in [2.45, 2.75) is 26.3 Å². The zero-order valence-corrected chi connectivity index (χ0v) is 14.5. The summed E-state index contributed by atoms with van der Waals surface area (Å²) in [5.41, 5.74) is 0. The van der Waals surface area contributed by atoms with Gasteiger partial charge in [0.1, 0.15) is 0 Å². The second-order valence-corrected chi connectivity index (χ2v) is 8.85. The molecule has 0 aliphatic carbocycles. The molecule has 0 aromatic heterocycles. The minimum Gasteiger partial charge on any atom is -0.377 e. The molecule has 114 valence electrons. The Morgan fingerprint density at radius 3 is 2.26 bits per heavy atom. The van der Waals surface area contributed by atoms with Crippen molar-refractivity contribution < 1.29 is 18.1 Å². The van der Waals surface area contributed by atoms with Gasteiger partial charge in [-0.2, -0.15) is 11.8 Å². The van der Waals surface area contributed by atoms with Crippen molar-refractivity contribution in [2.75, 3.05) is 39.4 Å². The number of carbonyl (C=O) groups excluding carboxylic acids is 1. The quantitative estimate of drug-likeness (QED) is 0.465. The molecule has 7 heteroatoms. The van der Waals surface area contributed by atoms with Gasteiger partial charge < -0.3 is 18.6 Å². The van der Waals surface area contributed by atoms with Crippen molar-refractivity contribution in [3.05, 3.63) is 0 Å². The Morgan fingerprint density at radius 2 is 1.79 bits per heavy atom. The molecule has 1 N–H and O–H groups in total. The number of carbonyl (C=O) groups is 1. The molecule has 1 amide bonds. The first-order chi connectivity index (χ1) is 8.99. The van der Waals surface area contributed by atoms with E-state index < -0.39 is 8.80 Å². The first kappa shape index (κ1) is 18.9. The lowest BCUT2D eigenvalue weighted by atomic mass is 10.3. The van der Waals surface area contributed by atoms with E-state index in [9.17, 15) is 4.79 Å². The summed E-state index contributed by atoms with van der Waals surface area (Å²) in [5, 5.41) is 2.87. The molecule has 0 saturated carbocycles. The van der Waals surface area contributed by atoms with Gasteiger partial charge in [-0.05, 0) is 11.7 Å². The molecule has 0 bridgehead atoms. The first-order valence-corrected chi connectivity index (χ1v) is 9.58. The Hall–Kier alpha value is -0.0831. The van der Waals surface area contributed by atoms with Crippen molar-refractivity contribution in [1.29, 1.82) is 0 Å². The Bertz CT molecular complexity index is 242. The molecule has 0 spiro atoms. The molecule has 0 rings (SSSR count). The van der Waals surface area contributed by atoms with E-state index in [0.29, 0.717) is 24.9 Å². The lowest BCUT2D eigenvalue weighted by Crippen LogP contribution is -2.45. The highest BCUT2D eigenvalue weighted by Crippen LogP contribution is 2.11. The van der Waals surface area contributed by atoms with Crippen LogP contribution in [0.25, 0.3) is 0 Å². The van der Waals surface area contributed by atoms with Gasteiger partial charge in [-0.15, -0.1) is 0 Å². The van der Waals surface area contributed by atoms with Crippen LogP contribution in [0.5, 0.6) is 0 Å². The van der Waals surface area contributed by atoms with E-state index in [1.807, 2.05) is 11.8 Å². The highest BCUT2D eigenvalue weighted by atomic mass is 32.2. The molecule has 5 nitrogen and oxygen atoms in total. The Kier molecular flexibility index (Phi) is 10.6. The maximum atomic E-state index is 11.6. The molecule has 0 aliphatic rings. The molecule has 0 fully saturated rings. The van der Waals surface area contributed by atoms with E-state index in [1.165, 1.54) is 0 Å². The monoisotopic (exact) mass is 309 g/mol. The van der Waals surface area contributed by atoms with E-state index in [0.717, 1.165) is 11.5 Å². The van der Waals surface area contributed by atoms with Gasteiger partial charge in [-0.3, -0.25) is 4.79 Å². The summed E-state index contributed by atoms with van der Waals surface area (Å²) in [5.74, 6) is 2.71. The van der Waals surface area contributed by atoms with Crippen molar-refractivity contribution in [2.24, 2.45) is 5.92 Å². The molecule has 0 heterocycles. The number of nitrogens with one attached hydrogen (secondary N) is 1. The lowest BCUT2D eigenvalue weighted by molar-refractivity contribution is -0.120. The van der Waals surface area contributed by atoms with Crippen molar-refractivity contribution in [1.82, 2.24) is 5.32 Å². The lowest BCUT2D eigenvalue weighted by Gasteiger charge is -2.24. The third-order valence-corrected chi connectivity index (χ3v) is 6.73. The van der Waals surface area contributed by atoms with Crippen LogP contribution in [-0.2, 0) is 18.1 Å². The molecule has 19 heavy (non-hydrogen) atoms. The fourth-order valence-corrected chi connectivity index (χ4v) is 3.99. The maximum Gasteiger partial charge on any atom is 0.501 e. The van der Waals surface area contributed by atoms with Crippen LogP contribution < -0.4 is 5.32 Å². The predicted octanol–water partition coefficient (Wildman–Crippen LogP) is 1.76. The summed E-state index contributed by atoms with van der Waals surface area (Å²) in [6.07, 6.45) is 0.554. The summed E-state index contributed by atoms with van der Waals surface area (Å²) in [7, 11) is 2.16. The molecule has 0 aliphatic heterocycles. The smallest absolute Gasteiger partial charge is 0.377 e. The van der Waals surface area contributed by atoms with E-state index in [4.69, 9.17) is 13.3 Å². The number of hydrogen-bond donors (Lipinski definition) is 1. The fraction of sp³-hybridized carbons (Fsp3) is 0.917. The normalized spacial score (nSPS) is 11.9. The van der Waals surface area contributed by atoms with Gasteiger partial charge in [0, 0.05) is 46.1 Å². The van der Waals surface area contributed by atoms with Crippen molar-refractivity contribution >= 4 is 26.5 Å². The average molecular weight is 310 g/mol. The topological polar surface area (TPSA) is 56.8 Å². The maximum absolute atomic E-state index is 11.6. The third-order valence-electron chi connectivity index (χ3n) is 2.61. The highest BCUT2D eigenvalue weighted by molar-refractivity contribution is 7.99. The summed E-state index contributed by atoms with van der Waals surface area (Å²) in [6.45, 7) is 4.88. The van der Waals surface area contributed by atoms with E-state index in [-0.39, 0.29) is 5.91 Å². The summed E-state index contributed by atoms with van der Waals surface area (Å²) >= 11 is 1.82. The molecule has 0 saturated heterocycles. The van der Waals surface area contributed by atoms with Crippen LogP contribution in [-0.4, -0.2) is 54.1 Å². The van der Waals surface area contributed by atoms with Crippen molar-refractivity contribution in [3.63, 3.8) is 0 Å². The van der Waals surface area contributed by atoms with Crippen LogP contribution in [0.15, 0.2) is 0 Å². The van der Waals surface area contributed by atoms with E-state index >= 15 is 0 Å². The second kappa shape index (κ2) is 10.7. The minimum atomic E-state index is -2.56. The third kappa shape index (κ3) is 8.64. The Morgan fingerprint density at radius 1 is 1.21 bits per heavy atom. The summed E-state index contributed by atoms with van der Waals surface area (Å²) < 4.78 is 15.8. The second-order valence-electron chi connectivity index (χ2n) is 4.61. The van der Waals surface area contributed by atoms with Gasteiger partial charge in [0.15, 0.2) is 0 Å². The summed E-state index contributed by atoms with van der Waals surface area (Å²) in [6, 6.07) is 0.585. The fourth-order valence-electron chi connectivity index (χ4n) is 1.48. The molecular formula is C12H27NO4SSi. The van der Waals surface area contributed by atoms with Crippen LogP contribution in [0.3, 0.4) is 0 Å². The Balaban J connectivity index is 3.73. The van der Waals surface area contributed by atoms with Gasteiger partial charge in [0.25, 0.3) is 0 Å². The van der Waals surface area contributed by atoms with Gasteiger partial charge in [0.05, 0.1) is 0 Å². The van der Waals surface area contributed by atoms with Gasteiger partial charge in [-0.25, -0.2) is 0 Å². The largest absolute Gasteiger partial charge is 0.501 e. The number of hydrogen-bond acceptors (Lipinski definition) is 5. The SMILES string of the molecule is CO[Si](CCNC(=O)CCSCC(C)C)(OC)OC. The molecule has 0 aromatic carbocycles. The summed E-state index contributed by atoms with van der Waals surface area (Å²) in [4.78, 5) is 11.6. The molecule has 0 unspecified atom stereocenters. The van der Waals surface area contributed by atoms with Crippen LogP contribution in [0.4, 0.5) is 0 Å². The first-order valence-electron chi connectivity index (χ1n) is 6.49. The number of thioether (sulfide) groups is 1. The molecule has 0 atom stereocenters. The van der Waals surface area contributed by atoms with Gasteiger partial charge >= 0.3 is 8.80 Å². The number of rotatable bonds is 11.